The third-order valence-electron chi connectivity index (χ3n) is 6.93. The van der Waals surface area contributed by atoms with Crippen molar-refractivity contribution in [3.05, 3.63) is 24.3 Å². The number of carboxylic acid groups (broad SMARTS) is 1. The molecule has 3 saturated heterocycles. The van der Waals surface area contributed by atoms with E-state index in [-0.39, 0.29) is 11.2 Å². The molecule has 6 nitrogen and oxygen atoms in total. The third-order valence-corrected chi connectivity index (χ3v) is 6.93. The zero-order chi connectivity index (χ0) is 21.1. The molecule has 0 radical (unpaired) electrons. The number of amides is 1. The molecule has 1 amide bonds. The number of rotatable bonds is 5. The number of allylic oxidation sites excluding steroid dienone is 1. The Labute approximate surface area is 175 Å². The summed E-state index contributed by atoms with van der Waals surface area (Å²) in [6.45, 7) is 15.0. The van der Waals surface area contributed by atoms with Gasteiger partial charge in [-0.25, -0.2) is 4.79 Å². The van der Waals surface area contributed by atoms with Gasteiger partial charge in [-0.15, -0.1) is 6.58 Å². The van der Waals surface area contributed by atoms with Crippen molar-refractivity contribution in [3.63, 3.8) is 0 Å². The van der Waals surface area contributed by atoms with E-state index in [0.717, 1.165) is 32.7 Å². The number of hydrogen-bond acceptors (Lipinski definition) is 4. The molecular formula is C23H38N2O4. The highest BCUT2D eigenvalue weighted by Crippen LogP contribution is 2.58. The van der Waals surface area contributed by atoms with Gasteiger partial charge in [0.25, 0.3) is 0 Å². The molecule has 29 heavy (non-hydrogen) atoms. The molecule has 0 aromatic rings. The molecule has 0 aromatic carbocycles. The van der Waals surface area contributed by atoms with Gasteiger partial charge in [-0.1, -0.05) is 30.6 Å². The van der Waals surface area contributed by atoms with Gasteiger partial charge in [-0.3, -0.25) is 4.90 Å². The fraction of sp³-hybridized carbons (Fsp3) is 0.783. The molecule has 4 rings (SSSR count). The first-order valence-corrected chi connectivity index (χ1v) is 11.1. The van der Waals surface area contributed by atoms with Crippen LogP contribution in [0.25, 0.3) is 0 Å². The van der Waals surface area contributed by atoms with Gasteiger partial charge in [0.05, 0.1) is 23.9 Å². The summed E-state index contributed by atoms with van der Waals surface area (Å²) in [5.41, 5.74) is 1.71. The highest BCUT2D eigenvalue weighted by Gasteiger charge is 2.67. The van der Waals surface area contributed by atoms with Crippen LogP contribution in [-0.2, 0) is 9.47 Å². The minimum Gasteiger partial charge on any atom is -0.465 e. The van der Waals surface area contributed by atoms with E-state index in [1.165, 1.54) is 36.2 Å². The van der Waals surface area contributed by atoms with Crippen molar-refractivity contribution in [1.29, 1.82) is 0 Å². The van der Waals surface area contributed by atoms with Crippen molar-refractivity contribution in [2.75, 3.05) is 39.3 Å². The van der Waals surface area contributed by atoms with Gasteiger partial charge in [0.2, 0.25) is 0 Å². The maximum absolute atomic E-state index is 10.5. The lowest BCUT2D eigenvalue weighted by atomic mass is 9.71. The Hall–Kier alpha value is -1.37. The number of piperazine rings is 1. The minimum atomic E-state index is -0.812. The van der Waals surface area contributed by atoms with Crippen molar-refractivity contribution < 1.29 is 19.4 Å². The van der Waals surface area contributed by atoms with Gasteiger partial charge in [0.1, 0.15) is 0 Å². The first kappa shape index (κ1) is 22.3. The number of nitrogens with zero attached hydrogens (tertiary/aromatic N) is 2. The molecule has 3 heterocycles. The van der Waals surface area contributed by atoms with Crippen LogP contribution in [0.15, 0.2) is 24.3 Å². The molecule has 1 aliphatic carbocycles. The molecule has 4 aliphatic rings. The van der Waals surface area contributed by atoms with Crippen LogP contribution >= 0.6 is 0 Å². The summed E-state index contributed by atoms with van der Waals surface area (Å²) < 4.78 is 11.8. The first-order valence-electron chi connectivity index (χ1n) is 11.1. The lowest BCUT2D eigenvalue weighted by Gasteiger charge is -2.32. The van der Waals surface area contributed by atoms with Crippen LogP contribution in [0.3, 0.4) is 0 Å². The number of carbonyl (C=O) groups is 1. The van der Waals surface area contributed by atoms with E-state index >= 15 is 0 Å². The van der Waals surface area contributed by atoms with E-state index in [9.17, 15) is 4.79 Å². The topological polar surface area (TPSA) is 68.8 Å². The Morgan fingerprint density at radius 1 is 1.24 bits per heavy atom. The van der Waals surface area contributed by atoms with Crippen molar-refractivity contribution in [2.45, 2.75) is 70.2 Å². The van der Waals surface area contributed by atoms with Crippen LogP contribution in [0.1, 0.15) is 52.9 Å². The molecule has 0 aromatic heterocycles. The van der Waals surface area contributed by atoms with Crippen LogP contribution in [0.2, 0.25) is 0 Å². The maximum atomic E-state index is 10.5. The second kappa shape index (κ2) is 9.19. The van der Waals surface area contributed by atoms with E-state index in [1.54, 1.807) is 0 Å². The smallest absolute Gasteiger partial charge is 0.407 e. The Kier molecular flexibility index (Phi) is 7.07. The Morgan fingerprint density at radius 3 is 2.48 bits per heavy atom. The van der Waals surface area contributed by atoms with Crippen LogP contribution in [-0.4, -0.2) is 77.6 Å². The maximum Gasteiger partial charge on any atom is 0.407 e. The van der Waals surface area contributed by atoms with Crippen molar-refractivity contribution >= 4 is 6.09 Å². The van der Waals surface area contributed by atoms with Crippen LogP contribution in [0.4, 0.5) is 4.79 Å². The van der Waals surface area contributed by atoms with Gasteiger partial charge in [-0.05, 0) is 40.0 Å². The van der Waals surface area contributed by atoms with E-state index < -0.39 is 6.09 Å². The standard InChI is InChI=1S/C15H24O2.C8H14N2O2/c1-11(2)7-8-13-14(3,17-13)12-6-4-5-9-15(12)10-16-15;1-2-3-9-4-6-10(7-5-9)8(11)12/h7,12-13H,4-6,8-10H2,1-3H3;2H,1,3-7H2,(H,11,12)/t12-,13-,14-,15+;/m1./s1. The third kappa shape index (κ3) is 5.41. The average Bonchev–Trinajstić information content (AvgIpc) is 3.60. The summed E-state index contributed by atoms with van der Waals surface area (Å²) in [7, 11) is 0. The van der Waals surface area contributed by atoms with Crippen molar-refractivity contribution in [1.82, 2.24) is 9.80 Å². The quantitative estimate of drug-likeness (QED) is 0.553. The van der Waals surface area contributed by atoms with Crippen LogP contribution < -0.4 is 0 Å². The second-order valence-electron chi connectivity index (χ2n) is 9.32. The lowest BCUT2D eigenvalue weighted by molar-refractivity contribution is 0.0886. The molecule has 0 bridgehead atoms. The fourth-order valence-corrected chi connectivity index (χ4v) is 4.97. The largest absolute Gasteiger partial charge is 0.465 e. The minimum absolute atomic E-state index is 0.100. The molecule has 4 fully saturated rings. The zero-order valence-electron chi connectivity index (χ0n) is 18.4. The van der Waals surface area contributed by atoms with Crippen molar-refractivity contribution in [2.24, 2.45) is 5.92 Å². The molecule has 4 atom stereocenters. The van der Waals surface area contributed by atoms with Gasteiger partial charge >= 0.3 is 6.09 Å². The van der Waals surface area contributed by atoms with Gasteiger partial charge in [0.15, 0.2) is 0 Å². The monoisotopic (exact) mass is 406 g/mol. The summed E-state index contributed by atoms with van der Waals surface area (Å²) in [5, 5.41) is 8.64. The Balaban J connectivity index is 0.000000177. The number of epoxide rings is 2. The average molecular weight is 407 g/mol. The number of ether oxygens (including phenoxy) is 2. The van der Waals surface area contributed by atoms with E-state index in [1.807, 2.05) is 6.08 Å². The zero-order valence-corrected chi connectivity index (χ0v) is 18.4. The highest BCUT2D eigenvalue weighted by atomic mass is 16.6. The lowest BCUT2D eigenvalue weighted by Crippen LogP contribution is -2.48. The Morgan fingerprint density at radius 2 is 1.93 bits per heavy atom. The summed E-state index contributed by atoms with van der Waals surface area (Å²) in [6, 6.07) is 0. The van der Waals surface area contributed by atoms with Crippen LogP contribution in [0.5, 0.6) is 0 Å². The number of hydrogen-bond donors (Lipinski definition) is 1. The van der Waals surface area contributed by atoms with Crippen molar-refractivity contribution in [3.8, 4) is 0 Å². The summed E-state index contributed by atoms with van der Waals surface area (Å²) in [6.07, 6.45) is 10.1. The molecule has 164 valence electrons. The summed E-state index contributed by atoms with van der Waals surface area (Å²) in [4.78, 5) is 14.1. The van der Waals surface area contributed by atoms with Crippen LogP contribution in [0, 0.1) is 5.92 Å². The predicted octanol–water partition coefficient (Wildman–Crippen LogP) is 3.93. The molecule has 6 heteroatoms. The fourth-order valence-electron chi connectivity index (χ4n) is 4.97. The molecule has 3 aliphatic heterocycles. The second-order valence-corrected chi connectivity index (χ2v) is 9.32. The molecule has 1 N–H and O–H groups in total. The molecule has 1 spiro atoms. The highest BCUT2D eigenvalue weighted by molar-refractivity contribution is 5.65. The van der Waals surface area contributed by atoms with Gasteiger partial charge < -0.3 is 19.5 Å². The summed E-state index contributed by atoms with van der Waals surface area (Å²) >= 11 is 0. The van der Waals surface area contributed by atoms with Gasteiger partial charge in [0, 0.05) is 38.6 Å². The summed E-state index contributed by atoms with van der Waals surface area (Å²) in [5.74, 6) is 0.638. The normalized spacial score (nSPS) is 36.0. The van der Waals surface area contributed by atoms with E-state index in [2.05, 4.69) is 38.3 Å². The molecular weight excluding hydrogens is 368 g/mol. The first-order chi connectivity index (χ1) is 13.8. The SMILES string of the molecule is C=CCN1CCN(C(=O)O)CC1.CC(C)=CC[C@H]1O[C@]1(C)[C@H]1CCCC[C@]12CO2. The molecule has 0 unspecified atom stereocenters. The Bertz CT molecular complexity index is 618. The van der Waals surface area contributed by atoms with E-state index in [4.69, 9.17) is 14.6 Å². The van der Waals surface area contributed by atoms with E-state index in [0.29, 0.717) is 25.1 Å². The molecule has 1 saturated carbocycles. The van der Waals surface area contributed by atoms with Gasteiger partial charge in [-0.2, -0.15) is 0 Å². The predicted molar refractivity (Wildman–Crippen MR) is 114 cm³/mol.